The summed E-state index contributed by atoms with van der Waals surface area (Å²) in [5.41, 5.74) is 1.61. The Morgan fingerprint density at radius 3 is 2.17 bits per heavy atom. The molecule has 4 heteroatoms. The van der Waals surface area contributed by atoms with E-state index in [1.54, 1.807) is 0 Å². The van der Waals surface area contributed by atoms with E-state index in [4.69, 9.17) is 4.74 Å². The van der Waals surface area contributed by atoms with Crippen LogP contribution >= 0.6 is 0 Å². The molecule has 7 rings (SSSR count). The third kappa shape index (κ3) is 4.23. The molecule has 0 radical (unpaired) electrons. The van der Waals surface area contributed by atoms with Crippen LogP contribution in [0.4, 0.5) is 0 Å². The van der Waals surface area contributed by atoms with Gasteiger partial charge in [-0.15, -0.1) is 0 Å². The number of aromatic nitrogens is 1. The maximum Gasteiger partial charge on any atom is 0.258 e. The normalized spacial score (nSPS) is 28.4. The first-order chi connectivity index (χ1) is 17.1. The number of likely N-dealkylation sites (N-methyl/N-ethyl adjacent to an activating group) is 1. The molecule has 35 heavy (non-hydrogen) atoms. The number of unbranched alkanes of at least 4 members (excludes halogenated alkanes) is 1. The Bertz CT molecular complexity index is 1230. The summed E-state index contributed by atoms with van der Waals surface area (Å²) in [4.78, 5) is 15.8. The molecule has 4 bridgehead atoms. The number of aryl methyl sites for hydroxylation is 1. The van der Waals surface area contributed by atoms with Crippen molar-refractivity contribution in [2.24, 2.45) is 23.2 Å². The van der Waals surface area contributed by atoms with Gasteiger partial charge in [-0.1, -0.05) is 36.4 Å². The van der Waals surface area contributed by atoms with E-state index >= 15 is 0 Å². The maximum absolute atomic E-state index is 13.3. The minimum Gasteiger partial charge on any atom is -0.380 e. The molecule has 0 amide bonds. The van der Waals surface area contributed by atoms with Gasteiger partial charge < -0.3 is 14.2 Å². The summed E-state index contributed by atoms with van der Waals surface area (Å²) in [7, 11) is 4.19. The molecule has 1 atom stereocenters. The van der Waals surface area contributed by atoms with Crippen molar-refractivity contribution >= 4 is 21.7 Å². The van der Waals surface area contributed by atoms with Crippen LogP contribution in [-0.2, 0) is 11.3 Å². The van der Waals surface area contributed by atoms with Crippen LogP contribution in [0.1, 0.15) is 51.4 Å². The Morgan fingerprint density at radius 2 is 1.51 bits per heavy atom. The molecule has 3 aromatic rings. The number of methoxy groups -OCH3 is 1. The number of fused-ring (bicyclic) bond motifs is 3. The first-order valence-corrected chi connectivity index (χ1v) is 13.8. The second-order valence-corrected chi connectivity index (χ2v) is 12.0. The lowest BCUT2D eigenvalue weighted by molar-refractivity contribution is -0.137. The molecular formula is C31H40N2O2. The van der Waals surface area contributed by atoms with Crippen LogP contribution in [-0.4, -0.2) is 42.8 Å². The molecule has 4 saturated carbocycles. The third-order valence-corrected chi connectivity index (χ3v) is 9.59. The topological polar surface area (TPSA) is 34.5 Å². The number of benzene rings is 2. The van der Waals surface area contributed by atoms with Gasteiger partial charge in [-0.25, -0.2) is 0 Å². The van der Waals surface area contributed by atoms with Crippen molar-refractivity contribution in [2.45, 2.75) is 64.0 Å². The van der Waals surface area contributed by atoms with Gasteiger partial charge in [0.05, 0.1) is 11.6 Å². The minimum atomic E-state index is 0.133. The summed E-state index contributed by atoms with van der Waals surface area (Å²) in [5, 5.41) is 3.04. The standard InChI is InChI=1S/C31H40N2O2/c1-32(21-29(35-2)31-18-22-15-23(19-31)17-24(16-22)20-31)13-7-8-14-33-28-12-6-5-10-26(28)25-9-3-4-11-27(25)30(33)34/h3-6,9-12,22-24,29H,7-8,13-21H2,1-2H3/t22?,23?,24?,29-,31?/m0/s1. The van der Waals surface area contributed by atoms with Crippen LogP contribution in [0, 0.1) is 23.2 Å². The average molecular weight is 473 g/mol. The lowest BCUT2D eigenvalue weighted by atomic mass is 9.48. The molecule has 0 N–H and O–H groups in total. The van der Waals surface area contributed by atoms with Gasteiger partial charge in [-0.3, -0.25) is 4.79 Å². The second-order valence-electron chi connectivity index (χ2n) is 12.0. The van der Waals surface area contributed by atoms with Crippen molar-refractivity contribution in [3.63, 3.8) is 0 Å². The number of pyridine rings is 1. The molecule has 4 aliphatic rings. The Hall–Kier alpha value is -2.17. The van der Waals surface area contributed by atoms with E-state index in [9.17, 15) is 4.79 Å². The highest BCUT2D eigenvalue weighted by Gasteiger charge is 2.54. The Balaban J connectivity index is 1.10. The van der Waals surface area contributed by atoms with Gasteiger partial charge in [-0.05, 0) is 106 Å². The van der Waals surface area contributed by atoms with E-state index < -0.39 is 0 Å². The number of hydrogen-bond acceptors (Lipinski definition) is 3. The average Bonchev–Trinajstić information content (AvgIpc) is 2.86. The predicted octanol–water partition coefficient (Wildman–Crippen LogP) is 6.10. The number of ether oxygens (including phenoxy) is 1. The maximum atomic E-state index is 13.3. The zero-order chi connectivity index (χ0) is 24.0. The molecule has 4 nitrogen and oxygen atoms in total. The van der Waals surface area contributed by atoms with Crippen LogP contribution in [0.3, 0.4) is 0 Å². The van der Waals surface area contributed by atoms with Crippen LogP contribution < -0.4 is 5.56 Å². The van der Waals surface area contributed by atoms with Gasteiger partial charge in [0.1, 0.15) is 0 Å². The summed E-state index contributed by atoms with van der Waals surface area (Å²) >= 11 is 0. The molecule has 1 heterocycles. The summed E-state index contributed by atoms with van der Waals surface area (Å²) in [6, 6.07) is 16.3. The van der Waals surface area contributed by atoms with E-state index in [-0.39, 0.29) is 5.56 Å². The van der Waals surface area contributed by atoms with Gasteiger partial charge in [0.25, 0.3) is 5.56 Å². The molecule has 186 valence electrons. The lowest BCUT2D eigenvalue weighted by Gasteiger charge is -2.59. The summed E-state index contributed by atoms with van der Waals surface area (Å²) in [6.07, 6.45) is 11.1. The number of hydrogen-bond donors (Lipinski definition) is 0. The highest BCUT2D eigenvalue weighted by Crippen LogP contribution is 2.61. The molecule has 0 saturated heterocycles. The van der Waals surface area contributed by atoms with Crippen LogP contribution in [0.2, 0.25) is 0 Å². The fourth-order valence-corrected chi connectivity index (χ4v) is 8.43. The molecule has 1 aromatic heterocycles. The Kier molecular flexibility index (Phi) is 6.22. The van der Waals surface area contributed by atoms with Gasteiger partial charge in [0, 0.05) is 31.0 Å². The van der Waals surface area contributed by atoms with E-state index in [2.05, 4.69) is 36.2 Å². The summed E-state index contributed by atoms with van der Waals surface area (Å²) < 4.78 is 8.19. The number of nitrogens with zero attached hydrogens (tertiary/aromatic N) is 2. The molecular weight excluding hydrogens is 432 g/mol. The highest BCUT2D eigenvalue weighted by molar-refractivity contribution is 6.05. The van der Waals surface area contributed by atoms with Crippen molar-refractivity contribution in [3.8, 4) is 0 Å². The highest BCUT2D eigenvalue weighted by atomic mass is 16.5. The van der Waals surface area contributed by atoms with Crippen molar-refractivity contribution in [3.05, 3.63) is 58.9 Å². The van der Waals surface area contributed by atoms with Gasteiger partial charge in [-0.2, -0.15) is 0 Å². The molecule has 4 aliphatic carbocycles. The second kappa shape index (κ2) is 9.37. The smallest absolute Gasteiger partial charge is 0.258 e. The lowest BCUT2D eigenvalue weighted by Crippen LogP contribution is -2.54. The summed E-state index contributed by atoms with van der Waals surface area (Å²) in [6.45, 7) is 2.84. The van der Waals surface area contributed by atoms with E-state index in [0.29, 0.717) is 11.5 Å². The number of para-hydroxylation sites is 1. The van der Waals surface area contributed by atoms with Gasteiger partial charge in [0.2, 0.25) is 0 Å². The third-order valence-electron chi connectivity index (χ3n) is 9.59. The Labute approximate surface area is 209 Å². The molecule has 0 spiro atoms. The van der Waals surface area contributed by atoms with Crippen molar-refractivity contribution in [1.82, 2.24) is 9.47 Å². The molecule has 2 aromatic carbocycles. The van der Waals surface area contributed by atoms with E-state index in [0.717, 1.165) is 66.5 Å². The number of rotatable bonds is 9. The van der Waals surface area contributed by atoms with Crippen LogP contribution in [0.25, 0.3) is 21.7 Å². The van der Waals surface area contributed by atoms with E-state index in [1.807, 2.05) is 35.9 Å². The van der Waals surface area contributed by atoms with Crippen molar-refractivity contribution in [2.75, 3.05) is 27.2 Å². The largest absolute Gasteiger partial charge is 0.380 e. The molecule has 0 aliphatic heterocycles. The van der Waals surface area contributed by atoms with Gasteiger partial charge in [0.15, 0.2) is 0 Å². The predicted molar refractivity (Wildman–Crippen MR) is 144 cm³/mol. The Morgan fingerprint density at radius 1 is 0.914 bits per heavy atom. The van der Waals surface area contributed by atoms with Crippen molar-refractivity contribution < 1.29 is 4.74 Å². The van der Waals surface area contributed by atoms with Crippen molar-refractivity contribution in [1.29, 1.82) is 0 Å². The first-order valence-electron chi connectivity index (χ1n) is 13.8. The quantitative estimate of drug-likeness (QED) is 0.279. The molecule has 0 unspecified atom stereocenters. The zero-order valence-electron chi connectivity index (χ0n) is 21.4. The van der Waals surface area contributed by atoms with E-state index in [1.165, 1.54) is 43.9 Å². The fourth-order valence-electron chi connectivity index (χ4n) is 8.43. The SMILES string of the molecule is CO[C@@H](CN(C)CCCCn1c(=O)c2ccccc2c2ccccc21)C12CC3CC(CC(C3)C1)C2. The summed E-state index contributed by atoms with van der Waals surface area (Å²) in [5.74, 6) is 2.87. The fraction of sp³-hybridized carbons (Fsp3) is 0.581. The monoisotopic (exact) mass is 472 g/mol. The van der Waals surface area contributed by atoms with Crippen LogP contribution in [0.15, 0.2) is 53.3 Å². The van der Waals surface area contributed by atoms with Gasteiger partial charge >= 0.3 is 0 Å². The molecule has 4 fully saturated rings. The first kappa shape index (κ1) is 23.2. The van der Waals surface area contributed by atoms with Crippen LogP contribution in [0.5, 0.6) is 0 Å². The minimum absolute atomic E-state index is 0.133. The zero-order valence-corrected chi connectivity index (χ0v) is 21.4.